The lowest BCUT2D eigenvalue weighted by Crippen LogP contribution is -2.57. The minimum atomic E-state index is -0.781. The Morgan fingerprint density at radius 2 is 1.93 bits per heavy atom. The number of hydrogen-bond donors (Lipinski definition) is 3. The zero-order chi connectivity index (χ0) is 20.4. The van der Waals surface area contributed by atoms with Crippen molar-refractivity contribution in [3.63, 3.8) is 0 Å². The topological polar surface area (TPSA) is 131 Å². The highest BCUT2D eigenvalue weighted by atomic mass is 32.1. The number of carbonyl (C=O) groups excluding carboxylic acids is 3. The van der Waals surface area contributed by atoms with Crippen molar-refractivity contribution in [1.82, 2.24) is 14.6 Å². The van der Waals surface area contributed by atoms with E-state index >= 15 is 0 Å². The summed E-state index contributed by atoms with van der Waals surface area (Å²) in [6.07, 6.45) is 4.79. The van der Waals surface area contributed by atoms with Gasteiger partial charge in [0.1, 0.15) is 10.9 Å². The van der Waals surface area contributed by atoms with Gasteiger partial charge in [-0.2, -0.15) is 4.37 Å². The Balaban J connectivity index is 2.32. The number of nitrogens with two attached hydrogens (primary N) is 2. The fourth-order valence-electron chi connectivity index (χ4n) is 3.39. The first-order valence-corrected chi connectivity index (χ1v) is 10.1. The van der Waals surface area contributed by atoms with E-state index in [0.29, 0.717) is 6.42 Å². The van der Waals surface area contributed by atoms with E-state index < -0.39 is 23.4 Å². The van der Waals surface area contributed by atoms with Gasteiger partial charge in [0.15, 0.2) is 5.69 Å². The first kappa shape index (κ1) is 21.1. The predicted molar refractivity (Wildman–Crippen MR) is 105 cm³/mol. The Morgan fingerprint density at radius 1 is 1.33 bits per heavy atom. The maximum absolute atomic E-state index is 13.3. The van der Waals surface area contributed by atoms with Crippen LogP contribution in [0, 0.1) is 0 Å². The molecular weight excluding hydrogens is 366 g/mol. The molecule has 1 aromatic heterocycles. The normalized spacial score (nSPS) is 16.1. The average Bonchev–Trinajstić information content (AvgIpc) is 3.23. The van der Waals surface area contributed by atoms with Crippen LogP contribution in [0.15, 0.2) is 0 Å². The molecule has 150 valence electrons. The molecule has 0 bridgehead atoms. The van der Waals surface area contributed by atoms with Crippen LogP contribution in [0.3, 0.4) is 0 Å². The second-order valence-corrected chi connectivity index (χ2v) is 8.42. The molecule has 9 heteroatoms. The summed E-state index contributed by atoms with van der Waals surface area (Å²) in [6.45, 7) is 7.46. The second-order valence-electron chi connectivity index (χ2n) is 7.65. The van der Waals surface area contributed by atoms with E-state index in [2.05, 4.69) is 9.69 Å². The first-order chi connectivity index (χ1) is 12.6. The van der Waals surface area contributed by atoms with Crippen LogP contribution in [0.1, 0.15) is 80.0 Å². The number of nitrogen functional groups attached to an aromatic ring is 1. The number of rotatable bonds is 7. The summed E-state index contributed by atoms with van der Waals surface area (Å²) in [4.78, 5) is 39.2. The number of aromatic nitrogens is 1. The van der Waals surface area contributed by atoms with Crippen LogP contribution in [-0.4, -0.2) is 44.6 Å². The van der Waals surface area contributed by atoms with Gasteiger partial charge in [0, 0.05) is 11.6 Å². The molecule has 1 heterocycles. The molecule has 0 spiro atoms. The van der Waals surface area contributed by atoms with E-state index in [4.69, 9.17) is 11.5 Å². The highest BCUT2D eigenvalue weighted by Crippen LogP contribution is 2.30. The number of nitrogens with one attached hydrogen (secondary N) is 1. The molecule has 8 nitrogen and oxygen atoms in total. The fourth-order valence-corrected chi connectivity index (χ4v) is 4.14. The maximum Gasteiger partial charge on any atom is 0.270 e. The Kier molecular flexibility index (Phi) is 6.46. The molecule has 0 saturated heterocycles. The first-order valence-electron chi connectivity index (χ1n) is 9.29. The Hall–Kier alpha value is -2.16. The summed E-state index contributed by atoms with van der Waals surface area (Å²) in [7, 11) is 0. The molecule has 0 aliphatic heterocycles. The SMILES string of the molecule is CCC(C)(C)N(C(=O)c1snc(C(N)=O)c1N)[C@@H](C)C(=O)NC1CCCC1. The summed E-state index contributed by atoms with van der Waals surface area (Å²) in [5, 5.41) is 3.05. The highest BCUT2D eigenvalue weighted by molar-refractivity contribution is 7.09. The Bertz CT molecular complexity index is 725. The van der Waals surface area contributed by atoms with Crippen LogP contribution in [0.25, 0.3) is 0 Å². The quantitative estimate of drug-likeness (QED) is 0.649. The molecule has 1 aliphatic carbocycles. The van der Waals surface area contributed by atoms with Gasteiger partial charge in [-0.25, -0.2) is 0 Å². The maximum atomic E-state index is 13.3. The Morgan fingerprint density at radius 3 is 2.41 bits per heavy atom. The fraction of sp³-hybridized carbons (Fsp3) is 0.667. The Labute approximate surface area is 163 Å². The van der Waals surface area contributed by atoms with E-state index in [1.165, 1.54) is 4.90 Å². The summed E-state index contributed by atoms with van der Waals surface area (Å²) < 4.78 is 3.91. The van der Waals surface area contributed by atoms with Crippen molar-refractivity contribution < 1.29 is 14.4 Å². The summed E-state index contributed by atoms with van der Waals surface area (Å²) >= 11 is 0.831. The van der Waals surface area contributed by atoms with E-state index in [1.807, 2.05) is 20.8 Å². The van der Waals surface area contributed by atoms with Crippen LogP contribution in [0.5, 0.6) is 0 Å². The second kappa shape index (κ2) is 8.24. The molecule has 0 aromatic carbocycles. The number of primary amides is 1. The van der Waals surface area contributed by atoms with Gasteiger partial charge < -0.3 is 21.7 Å². The predicted octanol–water partition coefficient (Wildman–Crippen LogP) is 1.90. The lowest BCUT2D eigenvalue weighted by Gasteiger charge is -2.41. The van der Waals surface area contributed by atoms with Crippen molar-refractivity contribution in [3.8, 4) is 0 Å². The van der Waals surface area contributed by atoms with Gasteiger partial charge in [0.05, 0.1) is 5.69 Å². The average molecular weight is 396 g/mol. The lowest BCUT2D eigenvalue weighted by molar-refractivity contribution is -0.127. The monoisotopic (exact) mass is 395 g/mol. The van der Waals surface area contributed by atoms with Crippen LogP contribution in [-0.2, 0) is 4.79 Å². The molecule has 0 radical (unpaired) electrons. The van der Waals surface area contributed by atoms with Gasteiger partial charge in [-0.15, -0.1) is 0 Å². The number of anilines is 1. The van der Waals surface area contributed by atoms with Gasteiger partial charge in [0.2, 0.25) is 5.91 Å². The summed E-state index contributed by atoms with van der Waals surface area (Å²) in [5.41, 5.74) is 10.5. The molecule has 1 atom stereocenters. The smallest absolute Gasteiger partial charge is 0.270 e. The zero-order valence-corrected chi connectivity index (χ0v) is 17.2. The van der Waals surface area contributed by atoms with E-state index in [0.717, 1.165) is 37.2 Å². The standard InChI is InChI=1S/C18H29N5O3S/c1-5-18(3,4)23(10(2)16(25)21-11-8-6-7-9-11)17(26)14-12(19)13(15(20)24)22-27-14/h10-11H,5-9,19H2,1-4H3,(H2,20,24)(H,21,25)/t10-/m0/s1. The molecule has 0 unspecified atom stereocenters. The van der Waals surface area contributed by atoms with Gasteiger partial charge in [0.25, 0.3) is 11.8 Å². The molecule has 1 aliphatic rings. The molecule has 2 rings (SSSR count). The van der Waals surface area contributed by atoms with Crippen LogP contribution in [0.4, 0.5) is 5.69 Å². The van der Waals surface area contributed by atoms with Gasteiger partial charge in [-0.05, 0) is 51.6 Å². The van der Waals surface area contributed by atoms with Crippen molar-refractivity contribution in [1.29, 1.82) is 0 Å². The number of nitrogens with zero attached hydrogens (tertiary/aromatic N) is 2. The van der Waals surface area contributed by atoms with Crippen LogP contribution in [0.2, 0.25) is 0 Å². The largest absolute Gasteiger partial charge is 0.395 e. The van der Waals surface area contributed by atoms with E-state index in [-0.39, 0.29) is 28.2 Å². The number of amides is 3. The zero-order valence-electron chi connectivity index (χ0n) is 16.4. The molecule has 1 aromatic rings. The summed E-state index contributed by atoms with van der Waals surface area (Å²) in [5.74, 6) is -1.38. The summed E-state index contributed by atoms with van der Waals surface area (Å²) in [6, 6.07) is -0.525. The molecule has 1 saturated carbocycles. The number of hydrogen-bond acceptors (Lipinski definition) is 6. The van der Waals surface area contributed by atoms with Crippen molar-refractivity contribution in [2.45, 2.75) is 77.4 Å². The molecule has 27 heavy (non-hydrogen) atoms. The van der Waals surface area contributed by atoms with Crippen LogP contribution >= 0.6 is 11.5 Å². The van der Waals surface area contributed by atoms with Gasteiger partial charge >= 0.3 is 0 Å². The number of carbonyl (C=O) groups is 3. The van der Waals surface area contributed by atoms with Crippen molar-refractivity contribution >= 4 is 34.9 Å². The molecule has 3 amide bonds. The lowest BCUT2D eigenvalue weighted by atomic mass is 9.96. The minimum Gasteiger partial charge on any atom is -0.395 e. The van der Waals surface area contributed by atoms with Gasteiger partial charge in [-0.3, -0.25) is 14.4 Å². The third-order valence-electron chi connectivity index (χ3n) is 5.36. The third kappa shape index (κ3) is 4.40. The third-order valence-corrected chi connectivity index (χ3v) is 6.21. The highest BCUT2D eigenvalue weighted by Gasteiger charge is 2.39. The molecular formula is C18H29N5O3S. The van der Waals surface area contributed by atoms with Crippen molar-refractivity contribution in [2.75, 3.05) is 5.73 Å². The van der Waals surface area contributed by atoms with Crippen LogP contribution < -0.4 is 16.8 Å². The molecule has 1 fully saturated rings. The van der Waals surface area contributed by atoms with E-state index in [1.54, 1.807) is 6.92 Å². The van der Waals surface area contributed by atoms with Crippen molar-refractivity contribution in [2.24, 2.45) is 5.73 Å². The minimum absolute atomic E-state index is 0.0298. The van der Waals surface area contributed by atoms with Crippen molar-refractivity contribution in [3.05, 3.63) is 10.6 Å². The van der Waals surface area contributed by atoms with E-state index in [9.17, 15) is 14.4 Å². The van der Waals surface area contributed by atoms with Gasteiger partial charge in [-0.1, -0.05) is 19.8 Å². The molecule has 5 N–H and O–H groups in total.